The van der Waals surface area contributed by atoms with E-state index in [1.54, 1.807) is 12.1 Å². The van der Waals surface area contributed by atoms with E-state index in [1.807, 2.05) is 12.1 Å². The maximum Gasteiger partial charge on any atom is 0.248 e. The number of carbonyl (C=O) groups is 1. The smallest absolute Gasteiger partial charge is 0.248 e. The number of rotatable bonds is 7. The van der Waals surface area contributed by atoms with E-state index in [-0.39, 0.29) is 20.4 Å². The van der Waals surface area contributed by atoms with Crippen molar-refractivity contribution in [1.29, 1.82) is 0 Å². The third kappa shape index (κ3) is 6.27. The minimum atomic E-state index is -0.398. The van der Waals surface area contributed by atoms with Gasteiger partial charge < -0.3 is 16.2 Å². The molecule has 1 rings (SSSR count). The topological polar surface area (TPSA) is 75.4 Å². The molecule has 0 aliphatic heterocycles. The molecule has 4 nitrogen and oxygen atoms in total. The van der Waals surface area contributed by atoms with Crippen LogP contribution in [-0.4, -0.2) is 23.6 Å². The van der Waals surface area contributed by atoms with E-state index in [9.17, 15) is 4.79 Å². The summed E-state index contributed by atoms with van der Waals surface area (Å²) in [6.45, 7) is 3.68. The van der Waals surface area contributed by atoms with E-state index in [1.165, 1.54) is 5.56 Å². The second-order valence-electron chi connectivity index (χ2n) is 4.09. The van der Waals surface area contributed by atoms with Crippen molar-refractivity contribution in [1.82, 2.24) is 5.32 Å². The summed E-state index contributed by atoms with van der Waals surface area (Å²) in [7, 11) is 0. The largest absolute Gasteiger partial charge is 0.565 e. The number of carbonyl (C=O) groups excluding carboxylic acids is 1. The van der Waals surface area contributed by atoms with Gasteiger partial charge in [-0.2, -0.15) is 0 Å². The number of aliphatic hydroxyl groups is 1. The number of aryl methyl sites for hydroxylation is 1. The summed E-state index contributed by atoms with van der Waals surface area (Å²) in [6.07, 6.45) is 1.91. The van der Waals surface area contributed by atoms with Gasteiger partial charge in [-0.15, -0.1) is 6.54 Å². The van der Waals surface area contributed by atoms with Crippen LogP contribution in [0.2, 0.25) is 0 Å². The number of aliphatic hydroxyl groups excluding tert-OH is 1. The standard InChI is InChI=1S/C13H19N2O2.Re/c1-10(15-8-9-16)2-3-11-4-6-12(7-5-11)13(14)17;/h4-7,9-10,15-16H,2-3,8H2,1H3,(H2,14,17);/q-1;. The number of primary amides is 1. The fraction of sp³-hybridized carbons (Fsp3) is 0.385. The van der Waals surface area contributed by atoms with Gasteiger partial charge in [0, 0.05) is 32.0 Å². The molecule has 0 heterocycles. The van der Waals surface area contributed by atoms with Gasteiger partial charge >= 0.3 is 0 Å². The molecular weight excluding hydrogens is 402 g/mol. The summed E-state index contributed by atoms with van der Waals surface area (Å²) >= 11 is 0. The first kappa shape index (κ1) is 17.3. The molecule has 0 saturated heterocycles. The Labute approximate surface area is 122 Å². The van der Waals surface area contributed by atoms with Gasteiger partial charge in [-0.25, -0.2) is 6.61 Å². The van der Waals surface area contributed by atoms with Crippen LogP contribution in [0.15, 0.2) is 24.3 Å². The van der Waals surface area contributed by atoms with E-state index in [4.69, 9.17) is 10.8 Å². The van der Waals surface area contributed by atoms with E-state index in [2.05, 4.69) is 12.2 Å². The summed E-state index contributed by atoms with van der Waals surface area (Å²) in [5.41, 5.74) is 6.88. The van der Waals surface area contributed by atoms with Crippen LogP contribution in [0, 0.1) is 6.61 Å². The zero-order chi connectivity index (χ0) is 12.7. The molecule has 0 aromatic heterocycles. The molecule has 0 saturated carbocycles. The molecular formula is C13H19N2O2Re-. The molecule has 1 atom stereocenters. The Balaban J connectivity index is 0.00000289. The minimum Gasteiger partial charge on any atom is -0.565 e. The molecule has 18 heavy (non-hydrogen) atoms. The van der Waals surface area contributed by atoms with Gasteiger partial charge in [0.05, 0.1) is 0 Å². The van der Waals surface area contributed by atoms with Gasteiger partial charge in [0.1, 0.15) is 0 Å². The molecule has 0 aliphatic rings. The van der Waals surface area contributed by atoms with E-state index < -0.39 is 5.91 Å². The molecule has 4 N–H and O–H groups in total. The average molecular weight is 422 g/mol. The summed E-state index contributed by atoms with van der Waals surface area (Å²) in [6, 6.07) is 7.68. The maximum absolute atomic E-state index is 10.9. The number of benzene rings is 1. The minimum absolute atomic E-state index is 0. The summed E-state index contributed by atoms with van der Waals surface area (Å²) in [5.74, 6) is -0.398. The van der Waals surface area contributed by atoms with Crippen molar-refractivity contribution < 1.29 is 30.3 Å². The van der Waals surface area contributed by atoms with Gasteiger partial charge in [-0.05, 0) is 37.5 Å². The second-order valence-corrected chi connectivity index (χ2v) is 4.09. The van der Waals surface area contributed by atoms with Gasteiger partial charge in [0.2, 0.25) is 5.91 Å². The van der Waals surface area contributed by atoms with Crippen molar-refractivity contribution >= 4 is 5.91 Å². The van der Waals surface area contributed by atoms with Crippen molar-refractivity contribution in [3.8, 4) is 0 Å². The Hall–Kier alpha value is -0.728. The Morgan fingerprint density at radius 1 is 1.44 bits per heavy atom. The molecule has 1 aromatic rings. The number of hydrogen-bond donors (Lipinski definition) is 3. The van der Waals surface area contributed by atoms with E-state index in [0.717, 1.165) is 19.4 Å². The SMILES string of the molecule is CC(CCc1ccc(C(N)=O)cc1)NC[CH-]O.[Re]. The molecule has 1 unspecified atom stereocenters. The Morgan fingerprint density at radius 2 is 2.06 bits per heavy atom. The monoisotopic (exact) mass is 422 g/mol. The zero-order valence-corrected chi connectivity index (χ0v) is 13.1. The van der Waals surface area contributed by atoms with E-state index in [0.29, 0.717) is 18.2 Å². The van der Waals surface area contributed by atoms with Crippen molar-refractivity contribution in [3.05, 3.63) is 42.0 Å². The number of hydrogen-bond acceptors (Lipinski definition) is 3. The fourth-order valence-corrected chi connectivity index (χ4v) is 1.57. The molecule has 101 valence electrons. The van der Waals surface area contributed by atoms with Crippen molar-refractivity contribution in [2.24, 2.45) is 5.73 Å². The van der Waals surface area contributed by atoms with Gasteiger partial charge in [-0.1, -0.05) is 12.1 Å². The third-order valence-corrected chi connectivity index (χ3v) is 2.66. The number of nitrogens with one attached hydrogen (secondary N) is 1. The molecule has 1 radical (unpaired) electrons. The Kier molecular flexibility index (Phi) is 8.86. The van der Waals surface area contributed by atoms with Crippen molar-refractivity contribution in [3.63, 3.8) is 0 Å². The van der Waals surface area contributed by atoms with E-state index >= 15 is 0 Å². The van der Waals surface area contributed by atoms with Crippen molar-refractivity contribution in [2.75, 3.05) is 6.54 Å². The van der Waals surface area contributed by atoms with Crippen LogP contribution in [0.25, 0.3) is 0 Å². The third-order valence-electron chi connectivity index (χ3n) is 2.66. The van der Waals surface area contributed by atoms with Crippen LogP contribution in [0.1, 0.15) is 29.3 Å². The fourth-order valence-electron chi connectivity index (χ4n) is 1.57. The first-order chi connectivity index (χ1) is 8.13. The van der Waals surface area contributed by atoms with Crippen LogP contribution in [0.4, 0.5) is 0 Å². The van der Waals surface area contributed by atoms with Gasteiger partial charge in [0.15, 0.2) is 0 Å². The van der Waals surface area contributed by atoms with Crippen LogP contribution in [0.5, 0.6) is 0 Å². The molecule has 0 spiro atoms. The molecule has 0 bridgehead atoms. The molecule has 0 fully saturated rings. The predicted molar refractivity (Wildman–Crippen MR) is 67.0 cm³/mol. The van der Waals surface area contributed by atoms with Gasteiger partial charge in [0.25, 0.3) is 0 Å². The molecule has 5 heteroatoms. The first-order valence-corrected chi connectivity index (χ1v) is 5.71. The Bertz CT molecular complexity index is 355. The zero-order valence-electron chi connectivity index (χ0n) is 10.4. The molecule has 1 aromatic carbocycles. The van der Waals surface area contributed by atoms with Crippen LogP contribution in [-0.2, 0) is 26.8 Å². The summed E-state index contributed by atoms with van der Waals surface area (Å²) < 4.78 is 0. The summed E-state index contributed by atoms with van der Waals surface area (Å²) in [4.78, 5) is 10.9. The Morgan fingerprint density at radius 3 is 2.56 bits per heavy atom. The molecule has 0 aliphatic carbocycles. The van der Waals surface area contributed by atoms with Crippen LogP contribution >= 0.6 is 0 Å². The maximum atomic E-state index is 10.9. The first-order valence-electron chi connectivity index (χ1n) is 5.71. The second kappa shape index (κ2) is 9.24. The van der Waals surface area contributed by atoms with Crippen molar-refractivity contribution in [2.45, 2.75) is 25.8 Å². The number of amides is 1. The summed E-state index contributed by atoms with van der Waals surface area (Å²) in [5, 5.41) is 11.7. The average Bonchev–Trinajstić information content (AvgIpc) is 2.34. The number of nitrogens with two attached hydrogens (primary N) is 1. The van der Waals surface area contributed by atoms with Gasteiger partial charge in [-0.3, -0.25) is 4.79 Å². The van der Waals surface area contributed by atoms with Crippen LogP contribution < -0.4 is 11.1 Å². The normalized spacial score (nSPS) is 11.7. The predicted octanol–water partition coefficient (Wildman–Crippen LogP) is 1.23. The van der Waals surface area contributed by atoms with Crippen LogP contribution in [0.3, 0.4) is 0 Å². The quantitative estimate of drug-likeness (QED) is 0.580. The molecule has 1 amide bonds.